The van der Waals surface area contributed by atoms with Gasteiger partial charge in [0.1, 0.15) is 5.82 Å². The first-order chi connectivity index (χ1) is 9.42. The van der Waals surface area contributed by atoms with Gasteiger partial charge in [0.2, 0.25) is 0 Å². The van der Waals surface area contributed by atoms with E-state index in [1.807, 2.05) is 0 Å². The lowest BCUT2D eigenvalue weighted by Gasteiger charge is -2.40. The second-order valence-corrected chi connectivity index (χ2v) is 5.64. The Bertz CT molecular complexity index is 543. The molecule has 1 aliphatic carbocycles. The minimum Gasteiger partial charge on any atom is -0.481 e. The third kappa shape index (κ3) is 3.28. The van der Waals surface area contributed by atoms with E-state index in [-0.39, 0.29) is 22.4 Å². The second kappa shape index (κ2) is 5.79. The quantitative estimate of drug-likeness (QED) is 0.878. The summed E-state index contributed by atoms with van der Waals surface area (Å²) in [6.45, 7) is 0.294. The molecule has 4 nitrogen and oxygen atoms in total. The number of rotatable bonds is 5. The maximum atomic E-state index is 13.3. The highest BCUT2D eigenvalue weighted by Gasteiger charge is 2.39. The number of hydrogen-bond donors (Lipinski definition) is 2. The molecule has 6 heteroatoms. The monoisotopic (exact) mass is 299 g/mol. The number of nitrogens with one attached hydrogen (secondary N) is 1. The highest BCUT2D eigenvalue weighted by Crippen LogP contribution is 2.43. The molecule has 1 aliphatic rings. The molecule has 0 saturated heterocycles. The summed E-state index contributed by atoms with van der Waals surface area (Å²) in [4.78, 5) is 22.7. The van der Waals surface area contributed by atoms with Crippen LogP contribution in [0.1, 0.15) is 36.0 Å². The third-order valence-corrected chi connectivity index (χ3v) is 4.05. The Kier molecular flexibility index (Phi) is 4.28. The van der Waals surface area contributed by atoms with Crippen molar-refractivity contribution in [1.82, 2.24) is 5.32 Å². The number of halogens is 2. The predicted molar refractivity (Wildman–Crippen MR) is 72.3 cm³/mol. The van der Waals surface area contributed by atoms with Crippen LogP contribution in [-0.2, 0) is 4.79 Å². The van der Waals surface area contributed by atoms with Crippen LogP contribution in [0.2, 0.25) is 5.02 Å². The van der Waals surface area contributed by atoms with Crippen molar-refractivity contribution in [3.05, 3.63) is 34.6 Å². The minimum atomic E-state index is -0.864. The van der Waals surface area contributed by atoms with Crippen LogP contribution in [0.15, 0.2) is 18.2 Å². The largest absolute Gasteiger partial charge is 0.481 e. The number of aliphatic carboxylic acids is 1. The van der Waals surface area contributed by atoms with Crippen molar-refractivity contribution in [1.29, 1.82) is 0 Å². The molecule has 2 N–H and O–H groups in total. The molecule has 20 heavy (non-hydrogen) atoms. The van der Waals surface area contributed by atoms with Gasteiger partial charge in [0, 0.05) is 12.1 Å². The van der Waals surface area contributed by atoms with Crippen LogP contribution in [0.4, 0.5) is 4.39 Å². The first-order valence-electron chi connectivity index (χ1n) is 6.37. The zero-order valence-corrected chi connectivity index (χ0v) is 11.5. The van der Waals surface area contributed by atoms with Gasteiger partial charge in [0.15, 0.2) is 0 Å². The molecule has 0 aromatic heterocycles. The number of carbonyl (C=O) groups is 2. The topological polar surface area (TPSA) is 66.4 Å². The van der Waals surface area contributed by atoms with Crippen molar-refractivity contribution in [2.24, 2.45) is 5.41 Å². The lowest BCUT2D eigenvalue weighted by molar-refractivity contribution is -0.141. The van der Waals surface area contributed by atoms with Crippen molar-refractivity contribution in [2.75, 3.05) is 6.54 Å². The highest BCUT2D eigenvalue weighted by atomic mass is 35.5. The van der Waals surface area contributed by atoms with E-state index >= 15 is 0 Å². The maximum Gasteiger partial charge on any atom is 0.303 e. The first kappa shape index (κ1) is 14.8. The van der Waals surface area contributed by atoms with Gasteiger partial charge in [0.05, 0.1) is 11.4 Å². The van der Waals surface area contributed by atoms with Gasteiger partial charge in [-0.15, -0.1) is 0 Å². The summed E-state index contributed by atoms with van der Waals surface area (Å²) in [6.07, 6.45) is 2.59. The zero-order chi connectivity index (χ0) is 14.8. The fourth-order valence-corrected chi connectivity index (χ4v) is 2.54. The summed E-state index contributed by atoms with van der Waals surface area (Å²) in [7, 11) is 0. The molecule has 1 aromatic carbocycles. The van der Waals surface area contributed by atoms with Gasteiger partial charge < -0.3 is 10.4 Å². The van der Waals surface area contributed by atoms with Crippen molar-refractivity contribution in [3.63, 3.8) is 0 Å². The van der Waals surface area contributed by atoms with Crippen LogP contribution < -0.4 is 5.32 Å². The molecule has 0 bridgehead atoms. The molecule has 1 saturated carbocycles. The zero-order valence-electron chi connectivity index (χ0n) is 10.8. The van der Waals surface area contributed by atoms with Gasteiger partial charge in [0.25, 0.3) is 5.91 Å². The second-order valence-electron chi connectivity index (χ2n) is 5.24. The lowest BCUT2D eigenvalue weighted by Crippen LogP contribution is -2.43. The van der Waals surface area contributed by atoms with Crippen molar-refractivity contribution in [2.45, 2.75) is 25.7 Å². The molecule has 1 fully saturated rings. The summed E-state index contributed by atoms with van der Waals surface area (Å²) in [5, 5.41) is 11.5. The Labute approximate surface area is 120 Å². The van der Waals surface area contributed by atoms with E-state index in [9.17, 15) is 14.0 Å². The van der Waals surface area contributed by atoms with E-state index in [0.717, 1.165) is 25.3 Å². The molecule has 0 atom stereocenters. The fourth-order valence-electron chi connectivity index (χ4n) is 2.42. The number of amides is 1. The summed E-state index contributed by atoms with van der Waals surface area (Å²) in [6, 6.07) is 3.83. The summed E-state index contributed by atoms with van der Waals surface area (Å²) in [5.74, 6) is -1.93. The highest BCUT2D eigenvalue weighted by molar-refractivity contribution is 6.30. The van der Waals surface area contributed by atoms with Gasteiger partial charge in [-0.2, -0.15) is 0 Å². The van der Waals surface area contributed by atoms with E-state index in [1.165, 1.54) is 12.1 Å². The van der Waals surface area contributed by atoms with E-state index < -0.39 is 17.7 Å². The fraction of sp³-hybridized carbons (Fsp3) is 0.429. The summed E-state index contributed by atoms with van der Waals surface area (Å²) < 4.78 is 13.3. The molecule has 0 spiro atoms. The molecule has 0 radical (unpaired) electrons. The third-order valence-electron chi connectivity index (χ3n) is 3.75. The molecule has 0 aliphatic heterocycles. The van der Waals surface area contributed by atoms with Crippen LogP contribution in [0, 0.1) is 11.2 Å². The van der Waals surface area contributed by atoms with Crippen LogP contribution in [0.5, 0.6) is 0 Å². The standard InChI is InChI=1S/C14H15ClFNO3/c15-10-3-2-9(6-11(10)16)13(20)17-8-14(4-1-5-14)7-12(18)19/h2-3,6H,1,4-5,7-8H2,(H,17,20)(H,18,19). The van der Waals surface area contributed by atoms with Crippen molar-refractivity contribution < 1.29 is 19.1 Å². The number of carboxylic acids is 1. The summed E-state index contributed by atoms with van der Waals surface area (Å²) in [5.41, 5.74) is -0.177. The van der Waals surface area contributed by atoms with E-state index in [0.29, 0.717) is 6.54 Å². The Morgan fingerprint density at radius 1 is 1.40 bits per heavy atom. The van der Waals surface area contributed by atoms with Crippen LogP contribution in [0.3, 0.4) is 0 Å². The predicted octanol–water partition coefficient (Wildman–Crippen LogP) is 2.85. The van der Waals surface area contributed by atoms with E-state index in [4.69, 9.17) is 16.7 Å². The van der Waals surface area contributed by atoms with Crippen LogP contribution in [-0.4, -0.2) is 23.5 Å². The Morgan fingerprint density at radius 2 is 2.10 bits per heavy atom. The number of carbonyl (C=O) groups excluding carboxylic acids is 1. The smallest absolute Gasteiger partial charge is 0.303 e. The molecule has 1 aromatic rings. The van der Waals surface area contributed by atoms with Crippen molar-refractivity contribution in [3.8, 4) is 0 Å². The Balaban J connectivity index is 1.97. The van der Waals surface area contributed by atoms with E-state index in [1.54, 1.807) is 0 Å². The Morgan fingerprint density at radius 3 is 2.60 bits per heavy atom. The molecule has 0 heterocycles. The molecule has 1 amide bonds. The van der Waals surface area contributed by atoms with Gasteiger partial charge in [-0.3, -0.25) is 9.59 Å². The molecule has 108 valence electrons. The first-order valence-corrected chi connectivity index (χ1v) is 6.75. The van der Waals surface area contributed by atoms with Gasteiger partial charge in [-0.1, -0.05) is 18.0 Å². The van der Waals surface area contributed by atoms with Crippen LogP contribution >= 0.6 is 11.6 Å². The van der Waals surface area contributed by atoms with Gasteiger partial charge >= 0.3 is 5.97 Å². The minimum absolute atomic E-state index is 0.0390. The normalized spacial score (nSPS) is 16.3. The van der Waals surface area contributed by atoms with Gasteiger partial charge in [-0.25, -0.2) is 4.39 Å². The lowest BCUT2D eigenvalue weighted by atomic mass is 9.66. The summed E-state index contributed by atoms with van der Waals surface area (Å²) >= 11 is 5.55. The average molecular weight is 300 g/mol. The Hall–Kier alpha value is -1.62. The van der Waals surface area contributed by atoms with Crippen molar-refractivity contribution >= 4 is 23.5 Å². The van der Waals surface area contributed by atoms with E-state index in [2.05, 4.69) is 5.32 Å². The molecule has 0 unspecified atom stereocenters. The number of benzene rings is 1. The molecule has 2 rings (SSSR count). The molecular formula is C14H15ClFNO3. The average Bonchev–Trinajstić information content (AvgIpc) is 2.35. The maximum absolute atomic E-state index is 13.3. The SMILES string of the molecule is O=C(O)CC1(CNC(=O)c2ccc(Cl)c(F)c2)CCC1. The van der Waals surface area contributed by atoms with Crippen LogP contribution in [0.25, 0.3) is 0 Å². The number of carboxylic acid groups (broad SMARTS) is 1. The number of hydrogen-bond acceptors (Lipinski definition) is 2. The molecular weight excluding hydrogens is 285 g/mol. The van der Waals surface area contributed by atoms with Gasteiger partial charge in [-0.05, 0) is 36.5 Å².